The van der Waals surface area contributed by atoms with Crippen LogP contribution in [0.4, 0.5) is 11.6 Å². The first kappa shape index (κ1) is 10.9. The van der Waals surface area contributed by atoms with Crippen molar-refractivity contribution in [3.05, 3.63) is 51.9 Å². The normalized spacial score (nSPS) is 9.65. The van der Waals surface area contributed by atoms with E-state index in [1.54, 1.807) is 31.2 Å². The number of aromatic nitrogens is 2. The third-order valence-electron chi connectivity index (χ3n) is 2.15. The molecule has 84 valence electrons. The Morgan fingerprint density at radius 3 is 2.65 bits per heavy atom. The molecule has 0 bridgehead atoms. The van der Waals surface area contributed by atoms with E-state index in [1.807, 2.05) is 6.07 Å². The minimum Gasteiger partial charge on any atom is -0.326 e. The maximum absolute atomic E-state index is 11.2. The molecule has 0 radical (unpaired) electrons. The molecule has 0 saturated heterocycles. The van der Waals surface area contributed by atoms with Gasteiger partial charge in [-0.1, -0.05) is 0 Å². The quantitative estimate of drug-likeness (QED) is 0.816. The molecule has 0 fully saturated rings. The molecule has 0 spiro atoms. The van der Waals surface area contributed by atoms with Gasteiger partial charge in [0, 0.05) is 17.4 Å². The molecule has 0 saturated carbocycles. The van der Waals surface area contributed by atoms with Crippen molar-refractivity contribution in [2.24, 2.45) is 0 Å². The highest BCUT2D eigenvalue weighted by Gasteiger charge is 1.99. The topological polar surface area (TPSA) is 81.6 Å². The van der Waals surface area contributed by atoms with Gasteiger partial charge in [-0.2, -0.15) is 5.26 Å². The summed E-state index contributed by atoms with van der Waals surface area (Å²) in [5, 5.41) is 11.6. The molecule has 0 aliphatic heterocycles. The third-order valence-corrected chi connectivity index (χ3v) is 2.15. The second-order valence-corrected chi connectivity index (χ2v) is 3.55. The molecule has 17 heavy (non-hydrogen) atoms. The van der Waals surface area contributed by atoms with Gasteiger partial charge >= 0.3 is 0 Å². The van der Waals surface area contributed by atoms with Crippen molar-refractivity contribution < 1.29 is 0 Å². The van der Waals surface area contributed by atoms with Gasteiger partial charge in [0.15, 0.2) is 0 Å². The average Bonchev–Trinajstić information content (AvgIpc) is 2.28. The first-order valence-corrected chi connectivity index (χ1v) is 5.02. The van der Waals surface area contributed by atoms with Crippen molar-refractivity contribution in [2.45, 2.75) is 6.92 Å². The number of benzene rings is 1. The van der Waals surface area contributed by atoms with Gasteiger partial charge in [0.1, 0.15) is 0 Å². The molecule has 5 heteroatoms. The highest BCUT2D eigenvalue weighted by molar-refractivity contribution is 5.54. The Morgan fingerprint density at radius 1 is 1.35 bits per heavy atom. The van der Waals surface area contributed by atoms with E-state index in [0.29, 0.717) is 17.2 Å². The van der Waals surface area contributed by atoms with Crippen LogP contribution in [-0.2, 0) is 0 Å². The van der Waals surface area contributed by atoms with Gasteiger partial charge in [-0.25, -0.2) is 4.98 Å². The van der Waals surface area contributed by atoms with Gasteiger partial charge in [-0.3, -0.25) is 9.78 Å². The Labute approximate surface area is 97.8 Å². The molecule has 5 nitrogen and oxygen atoms in total. The Balaban J connectivity index is 2.25. The number of aryl methyl sites for hydroxylation is 1. The van der Waals surface area contributed by atoms with Crippen LogP contribution in [0.15, 0.2) is 35.1 Å². The summed E-state index contributed by atoms with van der Waals surface area (Å²) < 4.78 is 0. The molecule has 1 aromatic heterocycles. The molecule has 2 N–H and O–H groups in total. The maximum atomic E-state index is 11.2. The summed E-state index contributed by atoms with van der Waals surface area (Å²) in [5.74, 6) is 0.389. The molecule has 1 heterocycles. The number of hydrogen-bond donors (Lipinski definition) is 2. The van der Waals surface area contributed by atoms with E-state index < -0.39 is 0 Å². The minimum atomic E-state index is -0.200. The summed E-state index contributed by atoms with van der Waals surface area (Å²) >= 11 is 0. The van der Waals surface area contributed by atoms with Gasteiger partial charge < -0.3 is 5.32 Å². The van der Waals surface area contributed by atoms with Crippen LogP contribution in [0.3, 0.4) is 0 Å². The lowest BCUT2D eigenvalue weighted by Crippen LogP contribution is -2.10. The fraction of sp³-hybridized carbons (Fsp3) is 0.0833. The molecule has 2 aromatic rings. The second-order valence-electron chi connectivity index (χ2n) is 3.55. The first-order valence-electron chi connectivity index (χ1n) is 5.02. The van der Waals surface area contributed by atoms with Gasteiger partial charge in [0.05, 0.1) is 11.6 Å². The highest BCUT2D eigenvalue weighted by atomic mass is 16.1. The van der Waals surface area contributed by atoms with Gasteiger partial charge in [0.2, 0.25) is 5.95 Å². The Bertz CT molecular complexity index is 622. The molecular weight excluding hydrogens is 216 g/mol. The lowest BCUT2D eigenvalue weighted by Gasteiger charge is -2.05. The maximum Gasteiger partial charge on any atom is 0.252 e. The molecule has 0 atom stereocenters. The lowest BCUT2D eigenvalue weighted by atomic mass is 10.2. The van der Waals surface area contributed by atoms with Crippen LogP contribution in [0.5, 0.6) is 0 Å². The van der Waals surface area contributed by atoms with Gasteiger partial charge in [0.25, 0.3) is 5.56 Å². The molecule has 0 aliphatic carbocycles. The number of nitriles is 1. The SMILES string of the molecule is Cc1cc(=O)[nH]c(Nc2ccc(C#N)cc2)n1. The van der Waals surface area contributed by atoms with Crippen LogP contribution in [0.2, 0.25) is 0 Å². The fourth-order valence-electron chi connectivity index (χ4n) is 1.40. The summed E-state index contributed by atoms with van der Waals surface area (Å²) in [4.78, 5) is 17.9. The van der Waals surface area contributed by atoms with Crippen molar-refractivity contribution in [3.63, 3.8) is 0 Å². The highest BCUT2D eigenvalue weighted by Crippen LogP contribution is 2.12. The Hall–Kier alpha value is -2.61. The molecular formula is C12H10N4O. The fourth-order valence-corrected chi connectivity index (χ4v) is 1.40. The average molecular weight is 226 g/mol. The standard InChI is InChI=1S/C12H10N4O/c1-8-6-11(17)16-12(14-8)15-10-4-2-9(7-13)3-5-10/h2-6H,1H3,(H2,14,15,16,17). The summed E-state index contributed by atoms with van der Waals surface area (Å²) in [6.07, 6.45) is 0. The summed E-state index contributed by atoms with van der Waals surface area (Å²) in [6, 6.07) is 10.3. The number of rotatable bonds is 2. The first-order chi connectivity index (χ1) is 8.17. The predicted molar refractivity (Wildman–Crippen MR) is 64.0 cm³/mol. The number of nitrogens with one attached hydrogen (secondary N) is 2. The number of anilines is 2. The van der Waals surface area contributed by atoms with Crippen molar-refractivity contribution in [1.82, 2.24) is 9.97 Å². The van der Waals surface area contributed by atoms with Crippen LogP contribution in [0, 0.1) is 18.3 Å². The summed E-state index contributed by atoms with van der Waals surface area (Å²) in [6.45, 7) is 1.75. The van der Waals surface area contributed by atoms with Crippen LogP contribution in [0.25, 0.3) is 0 Å². The predicted octanol–water partition coefficient (Wildman–Crippen LogP) is 1.69. The zero-order valence-electron chi connectivity index (χ0n) is 9.19. The second kappa shape index (κ2) is 4.49. The monoisotopic (exact) mass is 226 g/mol. The van der Waals surface area contributed by atoms with E-state index >= 15 is 0 Å². The van der Waals surface area contributed by atoms with E-state index in [9.17, 15) is 4.79 Å². The molecule has 0 aliphatic rings. The van der Waals surface area contributed by atoms with Gasteiger partial charge in [-0.05, 0) is 31.2 Å². The lowest BCUT2D eigenvalue weighted by molar-refractivity contribution is 1.07. The Morgan fingerprint density at radius 2 is 2.06 bits per heavy atom. The summed E-state index contributed by atoms with van der Waals surface area (Å²) in [7, 11) is 0. The third kappa shape index (κ3) is 2.69. The van der Waals surface area contributed by atoms with Gasteiger partial charge in [-0.15, -0.1) is 0 Å². The van der Waals surface area contributed by atoms with E-state index in [-0.39, 0.29) is 5.56 Å². The molecule has 1 aromatic carbocycles. The van der Waals surface area contributed by atoms with E-state index in [2.05, 4.69) is 15.3 Å². The van der Waals surface area contributed by atoms with E-state index in [4.69, 9.17) is 5.26 Å². The van der Waals surface area contributed by atoms with Crippen LogP contribution >= 0.6 is 0 Å². The number of aromatic amines is 1. The zero-order chi connectivity index (χ0) is 12.3. The van der Waals surface area contributed by atoms with Crippen molar-refractivity contribution in [1.29, 1.82) is 5.26 Å². The van der Waals surface area contributed by atoms with Crippen molar-refractivity contribution in [3.8, 4) is 6.07 Å². The molecule has 2 rings (SSSR count). The smallest absolute Gasteiger partial charge is 0.252 e. The summed E-state index contributed by atoms with van der Waals surface area (Å²) in [5.41, 5.74) is 1.79. The number of H-pyrrole nitrogens is 1. The Kier molecular flexibility index (Phi) is 2.88. The van der Waals surface area contributed by atoms with Crippen molar-refractivity contribution in [2.75, 3.05) is 5.32 Å². The van der Waals surface area contributed by atoms with Crippen LogP contribution < -0.4 is 10.9 Å². The van der Waals surface area contributed by atoms with Crippen LogP contribution in [0.1, 0.15) is 11.3 Å². The zero-order valence-corrected chi connectivity index (χ0v) is 9.19. The minimum absolute atomic E-state index is 0.200. The van der Waals surface area contributed by atoms with E-state index in [0.717, 1.165) is 5.69 Å². The number of hydrogen-bond acceptors (Lipinski definition) is 4. The molecule has 0 unspecified atom stereocenters. The largest absolute Gasteiger partial charge is 0.326 e. The number of nitrogens with zero attached hydrogens (tertiary/aromatic N) is 2. The van der Waals surface area contributed by atoms with Crippen molar-refractivity contribution >= 4 is 11.6 Å². The van der Waals surface area contributed by atoms with Crippen LogP contribution in [-0.4, -0.2) is 9.97 Å². The van der Waals surface area contributed by atoms with E-state index in [1.165, 1.54) is 6.07 Å². The molecule has 0 amide bonds.